The SMILES string of the molecule is Cc1ccc(C#N)c(SCC[C@H](N)C(O)c2ccno2)n1. The number of hydrogen-bond donors (Lipinski definition) is 2. The Morgan fingerprint density at radius 2 is 2.29 bits per heavy atom. The second-order valence-electron chi connectivity index (χ2n) is 4.58. The molecule has 0 bridgehead atoms. The number of rotatable bonds is 6. The van der Waals surface area contributed by atoms with E-state index in [1.54, 1.807) is 12.1 Å². The molecule has 0 aliphatic heterocycles. The maximum Gasteiger partial charge on any atom is 0.166 e. The van der Waals surface area contributed by atoms with Crippen LogP contribution in [0.3, 0.4) is 0 Å². The molecule has 7 heteroatoms. The van der Waals surface area contributed by atoms with Crippen LogP contribution in [0.2, 0.25) is 0 Å². The van der Waals surface area contributed by atoms with E-state index in [-0.39, 0.29) is 0 Å². The first kappa shape index (κ1) is 15.5. The Hall–Kier alpha value is -1.88. The van der Waals surface area contributed by atoms with E-state index in [1.165, 1.54) is 18.0 Å². The first-order valence-electron chi connectivity index (χ1n) is 6.46. The molecule has 6 nitrogen and oxygen atoms in total. The first-order chi connectivity index (χ1) is 10.1. The van der Waals surface area contributed by atoms with Crippen LogP contribution in [0.25, 0.3) is 0 Å². The minimum Gasteiger partial charge on any atom is -0.383 e. The molecule has 0 fully saturated rings. The monoisotopic (exact) mass is 304 g/mol. The lowest BCUT2D eigenvalue weighted by Gasteiger charge is -2.15. The molecule has 0 aliphatic carbocycles. The lowest BCUT2D eigenvalue weighted by Crippen LogP contribution is -2.28. The van der Waals surface area contributed by atoms with Crippen LogP contribution < -0.4 is 5.73 Å². The first-order valence-corrected chi connectivity index (χ1v) is 7.45. The van der Waals surface area contributed by atoms with Crippen molar-refractivity contribution in [1.82, 2.24) is 10.1 Å². The molecule has 0 saturated heterocycles. The highest BCUT2D eigenvalue weighted by Gasteiger charge is 2.20. The van der Waals surface area contributed by atoms with Crippen molar-refractivity contribution in [3.63, 3.8) is 0 Å². The number of aromatic nitrogens is 2. The molecule has 1 unspecified atom stereocenters. The Balaban J connectivity index is 1.90. The molecule has 0 aliphatic rings. The molecule has 21 heavy (non-hydrogen) atoms. The van der Waals surface area contributed by atoms with Crippen molar-refractivity contribution in [3.05, 3.63) is 41.4 Å². The second kappa shape index (κ2) is 7.22. The Labute approximate surface area is 127 Å². The maximum absolute atomic E-state index is 9.98. The molecule has 0 amide bonds. The fraction of sp³-hybridized carbons (Fsp3) is 0.357. The lowest BCUT2D eigenvalue weighted by atomic mass is 10.1. The minimum absolute atomic E-state index is 0.360. The van der Waals surface area contributed by atoms with Crippen molar-refractivity contribution < 1.29 is 9.63 Å². The Bertz CT molecular complexity index is 624. The molecule has 110 valence electrons. The van der Waals surface area contributed by atoms with Crippen molar-refractivity contribution in [2.75, 3.05) is 5.75 Å². The fourth-order valence-corrected chi connectivity index (χ4v) is 2.83. The van der Waals surface area contributed by atoms with Gasteiger partial charge in [-0.1, -0.05) is 5.16 Å². The van der Waals surface area contributed by atoms with Crippen LogP contribution in [-0.2, 0) is 0 Å². The van der Waals surface area contributed by atoms with Crippen LogP contribution in [0.15, 0.2) is 33.9 Å². The molecule has 0 spiro atoms. The molecule has 2 aromatic rings. The molecule has 0 saturated carbocycles. The third-order valence-electron chi connectivity index (χ3n) is 2.96. The predicted molar refractivity (Wildman–Crippen MR) is 78.5 cm³/mol. The zero-order valence-electron chi connectivity index (χ0n) is 11.6. The summed E-state index contributed by atoms with van der Waals surface area (Å²) in [6.07, 6.45) is 1.15. The van der Waals surface area contributed by atoms with Gasteiger partial charge in [-0.3, -0.25) is 0 Å². The van der Waals surface area contributed by atoms with E-state index in [0.29, 0.717) is 28.5 Å². The van der Waals surface area contributed by atoms with Crippen molar-refractivity contribution in [2.45, 2.75) is 30.5 Å². The summed E-state index contributed by atoms with van der Waals surface area (Å²) in [5.74, 6) is 1.01. The number of aliphatic hydroxyl groups excluding tert-OH is 1. The molecule has 2 rings (SSSR count). The topological polar surface area (TPSA) is 109 Å². The fourth-order valence-electron chi connectivity index (χ4n) is 1.77. The van der Waals surface area contributed by atoms with Gasteiger partial charge in [0.1, 0.15) is 17.2 Å². The van der Waals surface area contributed by atoms with Crippen molar-refractivity contribution in [1.29, 1.82) is 5.26 Å². The van der Waals surface area contributed by atoms with Gasteiger partial charge in [0, 0.05) is 23.6 Å². The van der Waals surface area contributed by atoms with E-state index in [9.17, 15) is 5.11 Å². The van der Waals surface area contributed by atoms with Gasteiger partial charge < -0.3 is 15.4 Å². The van der Waals surface area contributed by atoms with Gasteiger partial charge >= 0.3 is 0 Å². The van der Waals surface area contributed by atoms with Crippen LogP contribution in [0, 0.1) is 18.3 Å². The lowest BCUT2D eigenvalue weighted by molar-refractivity contribution is 0.111. The van der Waals surface area contributed by atoms with Gasteiger partial charge in [-0.25, -0.2) is 4.98 Å². The van der Waals surface area contributed by atoms with E-state index in [4.69, 9.17) is 15.5 Å². The number of nitrogens with two attached hydrogens (primary N) is 1. The van der Waals surface area contributed by atoms with E-state index < -0.39 is 12.1 Å². The van der Waals surface area contributed by atoms with Gasteiger partial charge in [-0.2, -0.15) is 5.26 Å². The van der Waals surface area contributed by atoms with E-state index in [0.717, 1.165) is 5.69 Å². The predicted octanol–water partition coefficient (Wildman–Crippen LogP) is 1.79. The quantitative estimate of drug-likeness (QED) is 0.783. The highest BCUT2D eigenvalue weighted by molar-refractivity contribution is 7.99. The van der Waals surface area contributed by atoms with Gasteiger partial charge in [0.25, 0.3) is 0 Å². The van der Waals surface area contributed by atoms with Crippen LogP contribution in [0.4, 0.5) is 0 Å². The second-order valence-corrected chi connectivity index (χ2v) is 5.66. The van der Waals surface area contributed by atoms with Crippen LogP contribution >= 0.6 is 11.8 Å². The number of nitrogens with zero attached hydrogens (tertiary/aromatic N) is 3. The molecular formula is C14H16N4O2S. The third-order valence-corrected chi connectivity index (χ3v) is 3.99. The molecule has 2 heterocycles. The summed E-state index contributed by atoms with van der Waals surface area (Å²) in [6.45, 7) is 1.88. The van der Waals surface area contributed by atoms with E-state index >= 15 is 0 Å². The van der Waals surface area contributed by atoms with Gasteiger partial charge in [0.05, 0.1) is 11.8 Å². The number of thioether (sulfide) groups is 1. The Morgan fingerprint density at radius 3 is 2.95 bits per heavy atom. The van der Waals surface area contributed by atoms with E-state index in [1.807, 2.05) is 13.0 Å². The average Bonchev–Trinajstić information content (AvgIpc) is 3.00. The Kier molecular flexibility index (Phi) is 5.33. The standard InChI is InChI=1S/C14H16N4O2S/c1-9-2-3-10(8-15)14(18-9)21-7-5-11(16)13(19)12-4-6-17-20-12/h2-4,6,11,13,19H,5,7,16H2,1H3/t11-,13?/m0/s1. The minimum atomic E-state index is -0.881. The number of aryl methyl sites for hydroxylation is 1. The molecule has 2 aromatic heterocycles. The molecule has 3 N–H and O–H groups in total. The van der Waals surface area contributed by atoms with E-state index in [2.05, 4.69) is 16.2 Å². The smallest absolute Gasteiger partial charge is 0.166 e. The molecular weight excluding hydrogens is 288 g/mol. The number of pyridine rings is 1. The molecule has 0 radical (unpaired) electrons. The number of nitriles is 1. The summed E-state index contributed by atoms with van der Waals surface area (Å²) < 4.78 is 4.89. The normalized spacial score (nSPS) is 13.6. The summed E-state index contributed by atoms with van der Waals surface area (Å²) >= 11 is 1.46. The number of aliphatic hydroxyl groups is 1. The largest absolute Gasteiger partial charge is 0.383 e. The summed E-state index contributed by atoms with van der Waals surface area (Å²) in [5.41, 5.74) is 7.35. The van der Waals surface area contributed by atoms with Crippen LogP contribution in [-0.4, -0.2) is 27.0 Å². The van der Waals surface area contributed by atoms with Crippen LogP contribution in [0.1, 0.15) is 29.5 Å². The van der Waals surface area contributed by atoms with Crippen LogP contribution in [0.5, 0.6) is 0 Å². The number of hydrogen-bond acceptors (Lipinski definition) is 7. The van der Waals surface area contributed by atoms with Gasteiger partial charge in [0.15, 0.2) is 5.76 Å². The maximum atomic E-state index is 9.98. The highest BCUT2D eigenvalue weighted by Crippen LogP contribution is 2.24. The van der Waals surface area contributed by atoms with Crippen molar-refractivity contribution in [2.24, 2.45) is 5.73 Å². The summed E-state index contributed by atoms with van der Waals surface area (Å²) in [4.78, 5) is 4.34. The molecule has 0 aromatic carbocycles. The van der Waals surface area contributed by atoms with Crippen molar-refractivity contribution in [3.8, 4) is 6.07 Å². The van der Waals surface area contributed by atoms with Crippen molar-refractivity contribution >= 4 is 11.8 Å². The Morgan fingerprint density at radius 1 is 1.48 bits per heavy atom. The zero-order valence-corrected chi connectivity index (χ0v) is 12.4. The zero-order chi connectivity index (χ0) is 15.2. The summed E-state index contributed by atoms with van der Waals surface area (Å²) in [5, 5.41) is 23.3. The summed E-state index contributed by atoms with van der Waals surface area (Å²) in [7, 11) is 0. The van der Waals surface area contributed by atoms with Gasteiger partial charge in [-0.15, -0.1) is 11.8 Å². The van der Waals surface area contributed by atoms with Gasteiger partial charge in [0.2, 0.25) is 0 Å². The average molecular weight is 304 g/mol. The summed E-state index contributed by atoms with van der Waals surface area (Å²) in [6, 6.07) is 6.82. The van der Waals surface area contributed by atoms with Gasteiger partial charge in [-0.05, 0) is 25.5 Å². The third kappa shape index (κ3) is 4.04. The molecule has 2 atom stereocenters. The highest BCUT2D eigenvalue weighted by atomic mass is 32.2.